The van der Waals surface area contributed by atoms with Crippen LogP contribution in [0.5, 0.6) is 0 Å². The molecule has 3 aromatic heterocycles. The molecule has 0 radical (unpaired) electrons. The highest BCUT2D eigenvalue weighted by atomic mass is 32.1. The summed E-state index contributed by atoms with van der Waals surface area (Å²) in [6.07, 6.45) is 4.16. The summed E-state index contributed by atoms with van der Waals surface area (Å²) >= 11 is 5.20. The second-order valence-corrected chi connectivity index (χ2v) is 14.4. The molecule has 0 aliphatic carbocycles. The SMILES string of the molecule is O=P(O)(O)CCCCc1ccc(-c2ccc(-c3ccc(CCCCP(=O)(O)O)s3)s2)s1. The van der Waals surface area contributed by atoms with Crippen LogP contribution in [0.15, 0.2) is 36.4 Å². The lowest BCUT2D eigenvalue weighted by atomic mass is 10.2. The molecule has 31 heavy (non-hydrogen) atoms. The van der Waals surface area contributed by atoms with E-state index in [0.29, 0.717) is 12.8 Å². The van der Waals surface area contributed by atoms with Crippen LogP contribution in [0.25, 0.3) is 19.5 Å². The quantitative estimate of drug-likeness (QED) is 0.167. The summed E-state index contributed by atoms with van der Waals surface area (Å²) in [6.45, 7) is 0. The van der Waals surface area contributed by atoms with E-state index in [0.717, 1.165) is 25.7 Å². The third-order valence-electron chi connectivity index (χ3n) is 4.66. The van der Waals surface area contributed by atoms with Gasteiger partial charge in [0.25, 0.3) is 0 Å². The van der Waals surface area contributed by atoms with E-state index in [1.165, 1.54) is 29.3 Å². The van der Waals surface area contributed by atoms with E-state index in [9.17, 15) is 9.13 Å². The molecule has 4 N–H and O–H groups in total. The van der Waals surface area contributed by atoms with Crippen LogP contribution in [0, 0.1) is 0 Å². The first-order chi connectivity index (χ1) is 14.6. The highest BCUT2D eigenvalue weighted by Gasteiger charge is 2.14. The summed E-state index contributed by atoms with van der Waals surface area (Å²) in [5.41, 5.74) is 0. The van der Waals surface area contributed by atoms with E-state index < -0.39 is 15.2 Å². The maximum absolute atomic E-state index is 10.9. The number of hydrogen-bond donors (Lipinski definition) is 4. The second kappa shape index (κ2) is 11.0. The molecule has 0 unspecified atom stereocenters. The van der Waals surface area contributed by atoms with Gasteiger partial charge in [-0.05, 0) is 74.9 Å². The van der Waals surface area contributed by atoms with Gasteiger partial charge in [-0.2, -0.15) is 0 Å². The first kappa shape index (κ1) is 25.0. The third kappa shape index (κ3) is 8.69. The Morgan fingerprint density at radius 3 is 1.29 bits per heavy atom. The van der Waals surface area contributed by atoms with Gasteiger partial charge in [-0.15, -0.1) is 34.0 Å². The zero-order valence-corrected chi connectivity index (χ0v) is 21.1. The highest BCUT2D eigenvalue weighted by Crippen LogP contribution is 2.41. The number of hydrogen-bond acceptors (Lipinski definition) is 5. The van der Waals surface area contributed by atoms with Gasteiger partial charge in [0, 0.05) is 41.6 Å². The molecule has 0 amide bonds. The molecule has 0 atom stereocenters. The van der Waals surface area contributed by atoms with Crippen molar-refractivity contribution in [1.29, 1.82) is 0 Å². The van der Waals surface area contributed by atoms with Gasteiger partial charge in [0.15, 0.2) is 0 Å². The lowest BCUT2D eigenvalue weighted by molar-refractivity contribution is 0.369. The smallest absolute Gasteiger partial charge is 0.324 e. The van der Waals surface area contributed by atoms with Gasteiger partial charge >= 0.3 is 15.2 Å². The summed E-state index contributed by atoms with van der Waals surface area (Å²) in [7, 11) is -7.79. The van der Waals surface area contributed by atoms with Crippen LogP contribution in [0.2, 0.25) is 0 Å². The minimum absolute atomic E-state index is 0.0496. The second-order valence-electron chi connectivity index (χ2n) is 7.39. The van der Waals surface area contributed by atoms with Gasteiger partial charge in [0.1, 0.15) is 0 Å². The molecule has 0 aliphatic heterocycles. The van der Waals surface area contributed by atoms with Gasteiger partial charge in [-0.25, -0.2) is 0 Å². The fourth-order valence-electron chi connectivity index (χ4n) is 3.13. The van der Waals surface area contributed by atoms with Crippen molar-refractivity contribution in [2.24, 2.45) is 0 Å². The van der Waals surface area contributed by atoms with E-state index in [1.807, 2.05) is 0 Å². The van der Waals surface area contributed by atoms with Crippen LogP contribution in [-0.2, 0) is 22.0 Å². The lowest BCUT2D eigenvalue weighted by Crippen LogP contribution is -1.89. The number of unbranched alkanes of at least 4 members (excludes halogenated alkanes) is 2. The molecule has 0 fully saturated rings. The van der Waals surface area contributed by atoms with Crippen molar-refractivity contribution >= 4 is 49.2 Å². The Kier molecular flexibility index (Phi) is 8.89. The molecule has 170 valence electrons. The van der Waals surface area contributed by atoms with Crippen molar-refractivity contribution in [2.45, 2.75) is 38.5 Å². The Labute approximate surface area is 193 Å². The van der Waals surface area contributed by atoms with Gasteiger partial charge in [-0.1, -0.05) is 0 Å². The van der Waals surface area contributed by atoms with Crippen molar-refractivity contribution in [3.05, 3.63) is 46.2 Å². The van der Waals surface area contributed by atoms with Gasteiger partial charge in [-0.3, -0.25) is 9.13 Å². The van der Waals surface area contributed by atoms with Crippen molar-refractivity contribution < 1.29 is 28.7 Å². The van der Waals surface area contributed by atoms with E-state index in [-0.39, 0.29) is 12.3 Å². The van der Waals surface area contributed by atoms with Gasteiger partial charge in [0.05, 0.1) is 0 Å². The molecule has 3 heterocycles. The predicted molar refractivity (Wildman–Crippen MR) is 131 cm³/mol. The van der Waals surface area contributed by atoms with Crippen molar-refractivity contribution in [2.75, 3.05) is 12.3 Å². The van der Waals surface area contributed by atoms with E-state index in [1.54, 1.807) is 34.0 Å². The molecular formula is C20H26O6P2S3. The Morgan fingerprint density at radius 2 is 0.903 bits per heavy atom. The normalized spacial score (nSPS) is 12.5. The molecule has 0 aliphatic rings. The Hall–Kier alpha value is -0.600. The van der Waals surface area contributed by atoms with Crippen LogP contribution in [0.4, 0.5) is 0 Å². The van der Waals surface area contributed by atoms with Crippen LogP contribution in [-0.4, -0.2) is 31.9 Å². The Bertz CT molecular complexity index is 992. The molecule has 0 spiro atoms. The molecule has 0 saturated heterocycles. The van der Waals surface area contributed by atoms with Crippen LogP contribution >= 0.6 is 49.2 Å². The summed E-state index contributed by atoms with van der Waals surface area (Å²) < 4.78 is 21.8. The van der Waals surface area contributed by atoms with Crippen molar-refractivity contribution in [1.82, 2.24) is 0 Å². The summed E-state index contributed by atoms with van der Waals surface area (Å²) in [4.78, 5) is 43.0. The van der Waals surface area contributed by atoms with Crippen molar-refractivity contribution in [3.63, 3.8) is 0 Å². The van der Waals surface area contributed by atoms with Gasteiger partial charge in [0.2, 0.25) is 0 Å². The summed E-state index contributed by atoms with van der Waals surface area (Å²) in [5, 5.41) is 0. The molecular weight excluding hydrogens is 494 g/mol. The maximum atomic E-state index is 10.9. The topological polar surface area (TPSA) is 115 Å². The standard InChI is InChI=1S/C20H26O6P2S3/c21-27(22,23)13-3-1-5-15-7-9-17(29-15)19-11-12-20(31-19)18-10-8-16(30-18)6-2-4-14-28(24,25)26/h7-12H,1-6,13-14H2,(H2,21,22,23)(H2,24,25,26). The molecule has 0 saturated carbocycles. The molecule has 3 rings (SSSR count). The van der Waals surface area contributed by atoms with Crippen LogP contribution in [0.3, 0.4) is 0 Å². The number of aryl methyl sites for hydroxylation is 2. The van der Waals surface area contributed by atoms with Gasteiger partial charge < -0.3 is 19.6 Å². The fraction of sp³-hybridized carbons (Fsp3) is 0.400. The molecule has 6 nitrogen and oxygen atoms in total. The van der Waals surface area contributed by atoms with E-state index in [2.05, 4.69) is 36.4 Å². The number of rotatable bonds is 12. The summed E-state index contributed by atoms with van der Waals surface area (Å²) in [6, 6.07) is 12.7. The van der Waals surface area contributed by atoms with E-state index >= 15 is 0 Å². The zero-order chi connectivity index (χ0) is 22.5. The van der Waals surface area contributed by atoms with Crippen LogP contribution < -0.4 is 0 Å². The minimum atomic E-state index is -3.89. The minimum Gasteiger partial charge on any atom is -0.324 e. The fourth-order valence-corrected chi connectivity index (χ4v) is 7.68. The zero-order valence-electron chi connectivity index (χ0n) is 16.8. The maximum Gasteiger partial charge on any atom is 0.325 e. The largest absolute Gasteiger partial charge is 0.325 e. The Morgan fingerprint density at radius 1 is 0.548 bits per heavy atom. The molecule has 11 heteroatoms. The predicted octanol–water partition coefficient (Wildman–Crippen LogP) is 6.21. The molecule has 0 bridgehead atoms. The molecule has 3 aromatic rings. The lowest BCUT2D eigenvalue weighted by Gasteiger charge is -2.02. The first-order valence-electron chi connectivity index (χ1n) is 9.96. The Balaban J connectivity index is 1.52. The number of thiophene rings is 3. The monoisotopic (exact) mass is 520 g/mol. The average Bonchev–Trinajstić information content (AvgIpc) is 3.40. The van der Waals surface area contributed by atoms with Crippen LogP contribution in [0.1, 0.15) is 35.4 Å². The highest BCUT2D eigenvalue weighted by molar-refractivity contribution is 7.52. The van der Waals surface area contributed by atoms with E-state index in [4.69, 9.17) is 19.6 Å². The molecule has 0 aromatic carbocycles. The third-order valence-corrected chi connectivity index (χ3v) is 10.2. The van der Waals surface area contributed by atoms with Crippen molar-refractivity contribution in [3.8, 4) is 19.5 Å². The average molecular weight is 521 g/mol. The summed E-state index contributed by atoms with van der Waals surface area (Å²) in [5.74, 6) is 0. The first-order valence-corrected chi connectivity index (χ1v) is 16.0.